The van der Waals surface area contributed by atoms with Crippen LogP contribution < -0.4 is 10.9 Å². The summed E-state index contributed by atoms with van der Waals surface area (Å²) in [4.78, 5) is 26.5. The van der Waals surface area contributed by atoms with Crippen molar-refractivity contribution in [2.75, 3.05) is 6.26 Å². The van der Waals surface area contributed by atoms with Crippen LogP contribution in [0.15, 0.2) is 30.3 Å². The Morgan fingerprint density at radius 1 is 1.08 bits per heavy atom. The maximum Gasteiger partial charge on any atom is 0.279 e. The largest absolute Gasteiger partial charge is 0.279 e. The van der Waals surface area contributed by atoms with E-state index in [2.05, 4.69) is 10.9 Å². The van der Waals surface area contributed by atoms with Gasteiger partial charge in [-0.15, -0.1) is 11.3 Å². The summed E-state index contributed by atoms with van der Waals surface area (Å²) in [5, 5.41) is 0. The van der Waals surface area contributed by atoms with Gasteiger partial charge < -0.3 is 0 Å². The van der Waals surface area contributed by atoms with Gasteiger partial charge in [0.2, 0.25) is 0 Å². The van der Waals surface area contributed by atoms with E-state index in [-0.39, 0.29) is 11.8 Å². The highest BCUT2D eigenvalue weighted by atomic mass is 32.2. The third-order valence-electron chi connectivity index (χ3n) is 4.32. The number of carbonyl (C=O) groups excluding carboxylic acids is 2. The minimum atomic E-state index is -0.972. The van der Waals surface area contributed by atoms with Gasteiger partial charge in [-0.2, -0.15) is 0 Å². The molecule has 5 nitrogen and oxygen atoms in total. The maximum absolute atomic E-state index is 12.3. The molecular formula is C19H22N2O3S2. The molecule has 1 aromatic carbocycles. The predicted octanol–water partition coefficient (Wildman–Crippen LogP) is 2.97. The van der Waals surface area contributed by atoms with Gasteiger partial charge in [-0.25, -0.2) is 0 Å². The Labute approximate surface area is 159 Å². The average Bonchev–Trinajstić information content (AvgIpc) is 2.90. The second-order valence-electron chi connectivity index (χ2n) is 6.45. The van der Waals surface area contributed by atoms with Crippen LogP contribution in [0, 0.1) is 0 Å². The molecule has 1 aromatic heterocycles. The molecule has 138 valence electrons. The van der Waals surface area contributed by atoms with Crippen LogP contribution in [0.25, 0.3) is 0 Å². The number of benzene rings is 1. The van der Waals surface area contributed by atoms with Gasteiger partial charge in [0.1, 0.15) is 0 Å². The zero-order valence-corrected chi connectivity index (χ0v) is 16.3. The summed E-state index contributed by atoms with van der Waals surface area (Å²) in [7, 11) is -0.972. The van der Waals surface area contributed by atoms with E-state index in [1.54, 1.807) is 24.5 Å². The maximum atomic E-state index is 12.3. The van der Waals surface area contributed by atoms with Gasteiger partial charge >= 0.3 is 0 Å². The molecule has 0 saturated carbocycles. The van der Waals surface area contributed by atoms with Crippen molar-refractivity contribution in [3.63, 3.8) is 0 Å². The summed E-state index contributed by atoms with van der Waals surface area (Å²) in [5.74, 6) is -0.281. The SMILES string of the molecule is CS(=O)Cc1cccc(C(=O)NNC(=O)c2cc3c(s2)CCCCC3)c1. The van der Waals surface area contributed by atoms with Gasteiger partial charge in [-0.1, -0.05) is 18.6 Å². The summed E-state index contributed by atoms with van der Waals surface area (Å²) in [6, 6.07) is 8.88. The smallest absolute Gasteiger partial charge is 0.267 e. The topological polar surface area (TPSA) is 75.3 Å². The fourth-order valence-corrected chi connectivity index (χ4v) is 4.86. The van der Waals surface area contributed by atoms with Crippen molar-refractivity contribution in [1.29, 1.82) is 0 Å². The molecular weight excluding hydrogens is 368 g/mol. The van der Waals surface area contributed by atoms with Crippen molar-refractivity contribution >= 4 is 34.0 Å². The average molecular weight is 391 g/mol. The highest BCUT2D eigenvalue weighted by Gasteiger charge is 2.17. The van der Waals surface area contributed by atoms with E-state index >= 15 is 0 Å². The number of carbonyl (C=O) groups is 2. The fourth-order valence-electron chi connectivity index (χ4n) is 3.06. The third-order valence-corrected chi connectivity index (χ3v) is 6.29. The molecule has 0 fully saturated rings. The molecule has 1 unspecified atom stereocenters. The molecule has 0 spiro atoms. The number of fused-ring (bicyclic) bond motifs is 1. The fraction of sp³-hybridized carbons (Fsp3) is 0.368. The van der Waals surface area contributed by atoms with Crippen LogP contribution in [0.5, 0.6) is 0 Å². The highest BCUT2D eigenvalue weighted by molar-refractivity contribution is 7.83. The van der Waals surface area contributed by atoms with Crippen molar-refractivity contribution in [3.8, 4) is 0 Å². The van der Waals surface area contributed by atoms with Crippen molar-refractivity contribution in [2.45, 2.75) is 37.9 Å². The first kappa shape index (κ1) is 18.8. The molecule has 1 aliphatic carbocycles. The van der Waals surface area contributed by atoms with E-state index in [0.717, 1.165) is 18.4 Å². The van der Waals surface area contributed by atoms with Crippen molar-refractivity contribution < 1.29 is 13.8 Å². The van der Waals surface area contributed by atoms with Gasteiger partial charge in [0.15, 0.2) is 0 Å². The van der Waals surface area contributed by atoms with Crippen molar-refractivity contribution in [2.24, 2.45) is 0 Å². The molecule has 0 saturated heterocycles. The van der Waals surface area contributed by atoms with Gasteiger partial charge in [0.05, 0.1) is 4.88 Å². The molecule has 2 amide bonds. The lowest BCUT2D eigenvalue weighted by Crippen LogP contribution is -2.41. The Bertz CT molecular complexity index is 822. The summed E-state index contributed by atoms with van der Waals surface area (Å²) < 4.78 is 11.3. The van der Waals surface area contributed by atoms with Crippen LogP contribution in [-0.2, 0) is 29.4 Å². The van der Waals surface area contributed by atoms with E-state index in [4.69, 9.17) is 0 Å². The molecule has 1 aliphatic rings. The predicted molar refractivity (Wildman–Crippen MR) is 105 cm³/mol. The van der Waals surface area contributed by atoms with E-state index in [1.165, 1.54) is 41.0 Å². The van der Waals surface area contributed by atoms with Gasteiger partial charge in [-0.3, -0.25) is 24.6 Å². The molecule has 0 bridgehead atoms. The van der Waals surface area contributed by atoms with E-state index < -0.39 is 10.8 Å². The molecule has 7 heteroatoms. The van der Waals surface area contributed by atoms with Gasteiger partial charge in [0.25, 0.3) is 11.8 Å². The van der Waals surface area contributed by atoms with Crippen LogP contribution in [0.1, 0.15) is 55.3 Å². The number of hydrazine groups is 1. The van der Waals surface area contributed by atoms with Crippen molar-refractivity contribution in [3.05, 3.63) is 56.8 Å². The molecule has 2 aromatic rings. The quantitative estimate of drug-likeness (QED) is 0.623. The Morgan fingerprint density at radius 3 is 2.65 bits per heavy atom. The number of amides is 2. The lowest BCUT2D eigenvalue weighted by molar-refractivity contribution is 0.0849. The first-order valence-corrected chi connectivity index (χ1v) is 11.2. The molecule has 1 atom stereocenters. The summed E-state index contributed by atoms with van der Waals surface area (Å²) in [6.07, 6.45) is 7.26. The van der Waals surface area contributed by atoms with Crippen LogP contribution in [0.4, 0.5) is 0 Å². The Hall–Kier alpha value is -1.99. The Balaban J connectivity index is 1.61. The molecule has 0 radical (unpaired) electrons. The van der Waals surface area contributed by atoms with Crippen LogP contribution in [-0.4, -0.2) is 22.3 Å². The minimum absolute atomic E-state index is 0.290. The lowest BCUT2D eigenvalue weighted by Gasteiger charge is -2.07. The second-order valence-corrected chi connectivity index (χ2v) is 9.02. The summed E-state index contributed by atoms with van der Waals surface area (Å²) >= 11 is 1.52. The molecule has 2 N–H and O–H groups in total. The van der Waals surface area contributed by atoms with E-state index in [1.807, 2.05) is 12.1 Å². The van der Waals surface area contributed by atoms with E-state index in [9.17, 15) is 13.8 Å². The number of hydrogen-bond donors (Lipinski definition) is 2. The number of aryl methyl sites for hydroxylation is 2. The van der Waals surface area contributed by atoms with E-state index in [0.29, 0.717) is 16.2 Å². The first-order chi connectivity index (χ1) is 12.5. The van der Waals surface area contributed by atoms with Crippen molar-refractivity contribution in [1.82, 2.24) is 10.9 Å². The minimum Gasteiger partial charge on any atom is -0.267 e. The monoisotopic (exact) mass is 390 g/mol. The number of thiophene rings is 1. The Morgan fingerprint density at radius 2 is 1.85 bits per heavy atom. The Kier molecular flexibility index (Phi) is 6.21. The van der Waals surface area contributed by atoms with Crippen LogP contribution in [0.3, 0.4) is 0 Å². The molecule has 3 rings (SSSR count). The standard InChI is InChI=1S/C19H22N2O3S2/c1-26(24)12-13-6-5-8-15(10-13)18(22)20-21-19(23)17-11-14-7-3-2-4-9-16(14)25-17/h5-6,8,10-11H,2-4,7,9,12H2,1H3,(H,20,22)(H,21,23). The zero-order chi connectivity index (χ0) is 18.5. The zero-order valence-electron chi connectivity index (χ0n) is 14.7. The molecule has 1 heterocycles. The molecule has 26 heavy (non-hydrogen) atoms. The third kappa shape index (κ3) is 4.80. The number of nitrogens with one attached hydrogen (secondary N) is 2. The number of hydrogen-bond acceptors (Lipinski definition) is 4. The summed E-state index contributed by atoms with van der Waals surface area (Å²) in [5.41, 5.74) is 7.48. The normalized spacial score (nSPS) is 14.8. The van der Waals surface area contributed by atoms with Crippen LogP contribution >= 0.6 is 11.3 Å². The first-order valence-electron chi connectivity index (χ1n) is 8.64. The number of rotatable bonds is 4. The highest BCUT2D eigenvalue weighted by Crippen LogP contribution is 2.28. The second kappa shape index (κ2) is 8.60. The molecule has 0 aliphatic heterocycles. The summed E-state index contributed by atoms with van der Waals surface area (Å²) in [6.45, 7) is 0. The van der Waals surface area contributed by atoms with Gasteiger partial charge in [-0.05, 0) is 55.0 Å². The van der Waals surface area contributed by atoms with Crippen LogP contribution in [0.2, 0.25) is 0 Å². The van der Waals surface area contributed by atoms with Gasteiger partial charge in [0, 0.05) is 33.2 Å². The lowest BCUT2D eigenvalue weighted by atomic mass is 10.1.